The van der Waals surface area contributed by atoms with E-state index in [1.165, 1.54) is 11.8 Å². The summed E-state index contributed by atoms with van der Waals surface area (Å²) in [4.78, 5) is 4.33. The van der Waals surface area contributed by atoms with Crippen molar-refractivity contribution in [3.8, 4) is 17.0 Å². The summed E-state index contributed by atoms with van der Waals surface area (Å²) in [5.74, 6) is 1.84. The molecule has 0 N–H and O–H groups in total. The molecule has 0 atom stereocenters. The second-order valence-corrected chi connectivity index (χ2v) is 7.01. The number of oxazole rings is 1. The Labute approximate surface area is 159 Å². The van der Waals surface area contributed by atoms with E-state index in [0.717, 1.165) is 16.8 Å². The molecule has 2 heterocycles. The first-order valence-electron chi connectivity index (χ1n) is 7.88. The molecular formula is C18H14ClN5OS. The van der Waals surface area contributed by atoms with Gasteiger partial charge in [-0.3, -0.25) is 0 Å². The quantitative estimate of drug-likeness (QED) is 0.470. The van der Waals surface area contributed by atoms with Crippen LogP contribution in [-0.2, 0) is 5.75 Å². The Hall–Kier alpha value is -2.64. The summed E-state index contributed by atoms with van der Waals surface area (Å²) in [5.41, 5.74) is 3.00. The maximum absolute atomic E-state index is 5.92. The minimum atomic E-state index is 0.528. The fourth-order valence-electron chi connectivity index (χ4n) is 2.44. The van der Waals surface area contributed by atoms with Crippen LogP contribution in [0.1, 0.15) is 11.5 Å². The average Bonchev–Trinajstić information content (AvgIpc) is 3.30. The van der Waals surface area contributed by atoms with E-state index in [0.29, 0.717) is 27.6 Å². The summed E-state index contributed by atoms with van der Waals surface area (Å²) in [6, 6.07) is 15.5. The van der Waals surface area contributed by atoms with Crippen LogP contribution < -0.4 is 0 Å². The van der Waals surface area contributed by atoms with Crippen LogP contribution in [-0.4, -0.2) is 25.2 Å². The minimum absolute atomic E-state index is 0.528. The Morgan fingerprint density at radius 1 is 1.15 bits per heavy atom. The summed E-state index contributed by atoms with van der Waals surface area (Å²) in [6.45, 7) is 2.03. The molecule has 2 aromatic heterocycles. The predicted octanol–water partition coefficient (Wildman–Crippen LogP) is 4.57. The van der Waals surface area contributed by atoms with Gasteiger partial charge in [-0.15, -0.1) is 5.10 Å². The van der Waals surface area contributed by atoms with Gasteiger partial charge in [-0.05, 0) is 59.3 Å². The average molecular weight is 384 g/mol. The minimum Gasteiger partial charge on any atom is -0.440 e. The molecule has 8 heteroatoms. The van der Waals surface area contributed by atoms with Crippen molar-refractivity contribution in [3.63, 3.8) is 0 Å². The number of aromatic nitrogens is 5. The van der Waals surface area contributed by atoms with E-state index in [1.807, 2.05) is 55.5 Å². The zero-order valence-corrected chi connectivity index (χ0v) is 15.4. The first-order valence-corrected chi connectivity index (χ1v) is 9.24. The van der Waals surface area contributed by atoms with Crippen molar-refractivity contribution in [2.24, 2.45) is 0 Å². The molecule has 6 nitrogen and oxygen atoms in total. The van der Waals surface area contributed by atoms with Crippen molar-refractivity contribution in [1.82, 2.24) is 25.2 Å². The molecule has 0 spiro atoms. The van der Waals surface area contributed by atoms with Crippen LogP contribution in [0.25, 0.3) is 17.0 Å². The van der Waals surface area contributed by atoms with E-state index in [2.05, 4.69) is 20.5 Å². The monoisotopic (exact) mass is 383 g/mol. The van der Waals surface area contributed by atoms with Crippen molar-refractivity contribution < 1.29 is 4.42 Å². The molecule has 0 saturated carbocycles. The van der Waals surface area contributed by atoms with Gasteiger partial charge in [-0.25, -0.2) is 4.98 Å². The van der Waals surface area contributed by atoms with Gasteiger partial charge < -0.3 is 4.42 Å². The van der Waals surface area contributed by atoms with Crippen LogP contribution in [0.2, 0.25) is 5.02 Å². The molecular weight excluding hydrogens is 370 g/mol. The van der Waals surface area contributed by atoms with Crippen LogP contribution in [0.15, 0.2) is 64.3 Å². The lowest BCUT2D eigenvalue weighted by Gasteiger charge is -2.04. The number of rotatable bonds is 5. The number of thioether (sulfide) groups is 1. The summed E-state index contributed by atoms with van der Waals surface area (Å²) < 4.78 is 7.53. The third kappa shape index (κ3) is 3.63. The van der Waals surface area contributed by atoms with Gasteiger partial charge in [0.05, 0.1) is 17.6 Å². The smallest absolute Gasteiger partial charge is 0.214 e. The van der Waals surface area contributed by atoms with Crippen LogP contribution in [0.3, 0.4) is 0 Å². The Kier molecular flexibility index (Phi) is 4.73. The molecule has 0 fully saturated rings. The highest BCUT2D eigenvalue weighted by Gasteiger charge is 2.12. The van der Waals surface area contributed by atoms with Gasteiger partial charge in [-0.2, -0.15) is 4.68 Å². The largest absolute Gasteiger partial charge is 0.440 e. The molecule has 0 bridgehead atoms. The van der Waals surface area contributed by atoms with E-state index in [9.17, 15) is 0 Å². The van der Waals surface area contributed by atoms with Gasteiger partial charge in [0.25, 0.3) is 0 Å². The number of aryl methyl sites for hydroxylation is 1. The maximum Gasteiger partial charge on any atom is 0.214 e. The number of tetrazole rings is 1. The second kappa shape index (κ2) is 7.31. The Bertz CT molecular complexity index is 1030. The van der Waals surface area contributed by atoms with E-state index in [-0.39, 0.29) is 0 Å². The molecule has 4 rings (SSSR count). The van der Waals surface area contributed by atoms with Gasteiger partial charge in [0.1, 0.15) is 0 Å². The van der Waals surface area contributed by atoms with Gasteiger partial charge in [-0.1, -0.05) is 35.5 Å². The summed E-state index contributed by atoms with van der Waals surface area (Å²) in [7, 11) is 0. The third-order valence-corrected chi connectivity index (χ3v) is 4.85. The molecule has 2 aromatic carbocycles. The molecule has 0 radical (unpaired) electrons. The van der Waals surface area contributed by atoms with Crippen molar-refractivity contribution in [1.29, 1.82) is 0 Å². The highest BCUT2D eigenvalue weighted by atomic mass is 35.5. The predicted molar refractivity (Wildman–Crippen MR) is 100 cm³/mol. The zero-order chi connectivity index (χ0) is 17.9. The normalized spacial score (nSPS) is 11.0. The van der Waals surface area contributed by atoms with Gasteiger partial charge >= 0.3 is 0 Å². The van der Waals surface area contributed by atoms with Crippen LogP contribution in [0, 0.1) is 6.92 Å². The summed E-state index contributed by atoms with van der Waals surface area (Å²) >= 11 is 7.38. The standard InChI is InChI=1S/C18H14ClN5OS/c1-12-3-2-4-15(9-12)24-18(21-22-23-24)26-11-17-20-10-16(25-17)13-5-7-14(19)8-6-13/h2-10H,11H2,1H3. The fourth-order valence-corrected chi connectivity index (χ4v) is 3.31. The van der Waals surface area contributed by atoms with Gasteiger partial charge in [0.15, 0.2) is 5.76 Å². The lowest BCUT2D eigenvalue weighted by atomic mass is 10.2. The number of hydrogen-bond donors (Lipinski definition) is 0. The van der Waals surface area contributed by atoms with Crippen molar-refractivity contribution in [2.75, 3.05) is 0 Å². The molecule has 26 heavy (non-hydrogen) atoms. The molecule has 0 amide bonds. The highest BCUT2D eigenvalue weighted by Crippen LogP contribution is 2.26. The van der Waals surface area contributed by atoms with Crippen molar-refractivity contribution in [2.45, 2.75) is 17.8 Å². The molecule has 0 saturated heterocycles. The molecule has 4 aromatic rings. The van der Waals surface area contributed by atoms with Gasteiger partial charge in [0, 0.05) is 10.6 Å². The lowest BCUT2D eigenvalue weighted by molar-refractivity contribution is 0.529. The van der Waals surface area contributed by atoms with E-state index >= 15 is 0 Å². The molecule has 130 valence electrons. The number of nitrogens with zero attached hydrogens (tertiary/aromatic N) is 5. The maximum atomic E-state index is 5.92. The summed E-state index contributed by atoms with van der Waals surface area (Å²) in [5, 5.41) is 13.3. The van der Waals surface area contributed by atoms with E-state index < -0.39 is 0 Å². The SMILES string of the molecule is Cc1cccc(-n2nnnc2SCc2ncc(-c3ccc(Cl)cc3)o2)c1. The fraction of sp³-hybridized carbons (Fsp3) is 0.111. The number of benzene rings is 2. The van der Waals surface area contributed by atoms with E-state index in [1.54, 1.807) is 10.9 Å². The molecule has 0 aliphatic heterocycles. The molecule has 0 aliphatic rings. The Morgan fingerprint density at radius 3 is 2.81 bits per heavy atom. The van der Waals surface area contributed by atoms with Crippen molar-refractivity contribution in [3.05, 3.63) is 71.2 Å². The second-order valence-electron chi connectivity index (χ2n) is 5.63. The first kappa shape index (κ1) is 16.8. The number of hydrogen-bond acceptors (Lipinski definition) is 6. The molecule has 0 aliphatic carbocycles. The first-order chi connectivity index (χ1) is 12.7. The Morgan fingerprint density at radius 2 is 2.00 bits per heavy atom. The van der Waals surface area contributed by atoms with Crippen LogP contribution in [0.4, 0.5) is 0 Å². The molecule has 0 unspecified atom stereocenters. The van der Waals surface area contributed by atoms with Crippen LogP contribution in [0.5, 0.6) is 0 Å². The Balaban J connectivity index is 1.49. The zero-order valence-electron chi connectivity index (χ0n) is 13.8. The van der Waals surface area contributed by atoms with Crippen LogP contribution >= 0.6 is 23.4 Å². The lowest BCUT2D eigenvalue weighted by Crippen LogP contribution is -1.99. The topological polar surface area (TPSA) is 69.6 Å². The summed E-state index contributed by atoms with van der Waals surface area (Å²) in [6.07, 6.45) is 1.71. The van der Waals surface area contributed by atoms with E-state index in [4.69, 9.17) is 16.0 Å². The number of halogens is 1. The van der Waals surface area contributed by atoms with Crippen molar-refractivity contribution >= 4 is 23.4 Å². The highest BCUT2D eigenvalue weighted by molar-refractivity contribution is 7.98. The third-order valence-electron chi connectivity index (χ3n) is 3.69. The van der Waals surface area contributed by atoms with Gasteiger partial charge in [0.2, 0.25) is 11.0 Å².